The molecule has 0 aliphatic carbocycles. The Bertz CT molecular complexity index is 394. The van der Waals surface area contributed by atoms with Gasteiger partial charge in [-0.15, -0.1) is 11.3 Å². The van der Waals surface area contributed by atoms with Crippen molar-refractivity contribution in [2.45, 2.75) is 38.6 Å². The van der Waals surface area contributed by atoms with Crippen LogP contribution in [0, 0.1) is 0 Å². The van der Waals surface area contributed by atoms with Crippen LogP contribution in [-0.2, 0) is 6.42 Å². The lowest BCUT2D eigenvalue weighted by atomic mass is 10.1. The molecule has 1 aliphatic rings. The Hall–Kier alpha value is -0.870. The maximum absolute atomic E-state index is 12.1. The summed E-state index contributed by atoms with van der Waals surface area (Å²) < 4.78 is 0. The topological polar surface area (TPSA) is 32.3 Å². The van der Waals surface area contributed by atoms with Crippen LogP contribution in [0.4, 0.5) is 0 Å². The summed E-state index contributed by atoms with van der Waals surface area (Å²) in [5.74, 6) is 0.100. The zero-order valence-electron chi connectivity index (χ0n) is 11.2. The van der Waals surface area contributed by atoms with Gasteiger partial charge < -0.3 is 10.2 Å². The van der Waals surface area contributed by atoms with Crippen LogP contribution in [0.5, 0.6) is 0 Å². The van der Waals surface area contributed by atoms with Crippen LogP contribution in [0.25, 0.3) is 0 Å². The number of nitrogens with one attached hydrogen (secondary N) is 1. The molecule has 2 heterocycles. The van der Waals surface area contributed by atoms with Crippen molar-refractivity contribution in [3.05, 3.63) is 21.9 Å². The van der Waals surface area contributed by atoms with Gasteiger partial charge in [0.25, 0.3) is 5.91 Å². The normalized spacial score (nSPS) is 17.9. The van der Waals surface area contributed by atoms with Crippen molar-refractivity contribution < 1.29 is 4.79 Å². The monoisotopic (exact) mass is 266 g/mol. The minimum absolute atomic E-state index is 0.100. The Morgan fingerprint density at radius 2 is 2.22 bits per heavy atom. The molecule has 1 N–H and O–H groups in total. The Morgan fingerprint density at radius 1 is 1.50 bits per heavy atom. The van der Waals surface area contributed by atoms with E-state index in [1.165, 1.54) is 4.88 Å². The Morgan fingerprint density at radius 3 is 2.89 bits per heavy atom. The zero-order chi connectivity index (χ0) is 13.0. The fourth-order valence-corrected chi connectivity index (χ4v) is 3.27. The Labute approximate surface area is 113 Å². The first-order valence-corrected chi connectivity index (χ1v) is 7.64. The molecule has 1 fully saturated rings. The number of hydrogen-bond donors (Lipinski definition) is 1. The number of aryl methyl sites for hydroxylation is 1. The third-order valence-corrected chi connectivity index (χ3v) is 4.46. The van der Waals surface area contributed by atoms with Gasteiger partial charge in [0.1, 0.15) is 0 Å². The highest BCUT2D eigenvalue weighted by Crippen LogP contribution is 2.17. The average molecular weight is 266 g/mol. The molecule has 1 aliphatic heterocycles. The molecule has 1 amide bonds. The van der Waals surface area contributed by atoms with E-state index in [1.54, 1.807) is 11.3 Å². The second kappa shape index (κ2) is 6.34. The summed E-state index contributed by atoms with van der Waals surface area (Å²) in [5, 5.41) is 5.13. The molecule has 0 unspecified atom stereocenters. The van der Waals surface area contributed by atoms with Gasteiger partial charge in [0.05, 0.1) is 5.56 Å². The van der Waals surface area contributed by atoms with Crippen LogP contribution in [-0.4, -0.2) is 37.0 Å². The smallest absolute Gasteiger partial charge is 0.252 e. The van der Waals surface area contributed by atoms with Gasteiger partial charge in [-0.05, 0) is 45.5 Å². The van der Waals surface area contributed by atoms with Gasteiger partial charge in [0.15, 0.2) is 0 Å². The number of carbonyl (C=O) groups excluding carboxylic acids is 1. The van der Waals surface area contributed by atoms with E-state index in [9.17, 15) is 4.79 Å². The molecule has 1 aromatic rings. The van der Waals surface area contributed by atoms with Crippen molar-refractivity contribution in [2.24, 2.45) is 0 Å². The quantitative estimate of drug-likeness (QED) is 0.908. The number of rotatable bonds is 4. The minimum atomic E-state index is 0.100. The molecular weight excluding hydrogens is 244 g/mol. The molecule has 0 radical (unpaired) electrons. The van der Waals surface area contributed by atoms with Gasteiger partial charge in [-0.3, -0.25) is 4.79 Å². The number of thiophene rings is 1. The molecule has 4 heteroatoms. The second-order valence-electron chi connectivity index (χ2n) is 5.10. The van der Waals surface area contributed by atoms with E-state index >= 15 is 0 Å². The van der Waals surface area contributed by atoms with Crippen molar-refractivity contribution >= 4 is 17.2 Å². The summed E-state index contributed by atoms with van der Waals surface area (Å²) in [6.45, 7) is 4.32. The van der Waals surface area contributed by atoms with Crippen LogP contribution in [0.2, 0.25) is 0 Å². The van der Waals surface area contributed by atoms with E-state index in [-0.39, 0.29) is 5.91 Å². The van der Waals surface area contributed by atoms with Gasteiger partial charge in [-0.2, -0.15) is 0 Å². The fourth-order valence-electron chi connectivity index (χ4n) is 2.30. The molecule has 0 bridgehead atoms. The van der Waals surface area contributed by atoms with Crippen molar-refractivity contribution in [3.63, 3.8) is 0 Å². The number of likely N-dealkylation sites (tertiary alicyclic amines) is 1. The highest BCUT2D eigenvalue weighted by atomic mass is 32.1. The van der Waals surface area contributed by atoms with E-state index in [2.05, 4.69) is 24.2 Å². The van der Waals surface area contributed by atoms with Gasteiger partial charge in [0, 0.05) is 16.3 Å². The number of nitrogens with zero attached hydrogens (tertiary/aromatic N) is 1. The molecular formula is C14H22N2OS. The first-order valence-electron chi connectivity index (χ1n) is 6.76. The summed E-state index contributed by atoms with van der Waals surface area (Å²) in [6, 6.07) is 2.39. The summed E-state index contributed by atoms with van der Waals surface area (Å²) in [7, 11) is 2.13. The SMILES string of the molecule is CCCc1cc(C(=O)NC2CCN(C)CC2)cs1. The third-order valence-electron chi connectivity index (χ3n) is 3.47. The van der Waals surface area contributed by atoms with Crippen LogP contribution in [0.15, 0.2) is 11.4 Å². The number of hydrogen-bond acceptors (Lipinski definition) is 3. The van der Waals surface area contributed by atoms with E-state index in [4.69, 9.17) is 0 Å². The Kier molecular flexibility index (Phi) is 4.78. The van der Waals surface area contributed by atoms with Gasteiger partial charge in [0.2, 0.25) is 0 Å². The maximum atomic E-state index is 12.1. The molecule has 1 aromatic heterocycles. The number of amides is 1. The first kappa shape index (κ1) is 13.6. The molecule has 18 heavy (non-hydrogen) atoms. The lowest BCUT2D eigenvalue weighted by molar-refractivity contribution is 0.0917. The van der Waals surface area contributed by atoms with Crippen LogP contribution >= 0.6 is 11.3 Å². The van der Waals surface area contributed by atoms with Crippen LogP contribution in [0.3, 0.4) is 0 Å². The first-order chi connectivity index (χ1) is 8.69. The van der Waals surface area contributed by atoms with E-state index in [1.807, 2.05) is 11.4 Å². The number of carbonyl (C=O) groups is 1. The van der Waals surface area contributed by atoms with Gasteiger partial charge in [-0.25, -0.2) is 0 Å². The lowest BCUT2D eigenvalue weighted by Crippen LogP contribution is -2.43. The summed E-state index contributed by atoms with van der Waals surface area (Å²) in [5.41, 5.74) is 0.836. The molecule has 0 spiro atoms. The van der Waals surface area contributed by atoms with Gasteiger partial charge in [-0.1, -0.05) is 13.3 Å². The van der Waals surface area contributed by atoms with Crippen molar-refractivity contribution in [2.75, 3.05) is 20.1 Å². The highest BCUT2D eigenvalue weighted by Gasteiger charge is 2.19. The van der Waals surface area contributed by atoms with Crippen molar-refractivity contribution in [1.82, 2.24) is 10.2 Å². The zero-order valence-corrected chi connectivity index (χ0v) is 12.1. The molecule has 0 saturated carbocycles. The lowest BCUT2D eigenvalue weighted by Gasteiger charge is -2.29. The molecule has 1 saturated heterocycles. The predicted octanol–water partition coefficient (Wildman–Crippen LogP) is 2.52. The molecule has 3 nitrogen and oxygen atoms in total. The summed E-state index contributed by atoms with van der Waals surface area (Å²) in [4.78, 5) is 15.7. The van der Waals surface area contributed by atoms with Crippen LogP contribution < -0.4 is 5.32 Å². The third kappa shape index (κ3) is 3.56. The van der Waals surface area contributed by atoms with Gasteiger partial charge >= 0.3 is 0 Å². The van der Waals surface area contributed by atoms with E-state index in [0.717, 1.165) is 44.3 Å². The Balaban J connectivity index is 1.86. The molecule has 100 valence electrons. The predicted molar refractivity (Wildman–Crippen MR) is 76.3 cm³/mol. The standard InChI is InChI=1S/C14H22N2OS/c1-3-4-13-9-11(10-18-13)14(17)15-12-5-7-16(2)8-6-12/h9-10,12H,3-8H2,1-2H3,(H,15,17). The summed E-state index contributed by atoms with van der Waals surface area (Å²) in [6.07, 6.45) is 4.34. The van der Waals surface area contributed by atoms with E-state index in [0.29, 0.717) is 6.04 Å². The minimum Gasteiger partial charge on any atom is -0.349 e. The van der Waals surface area contributed by atoms with Crippen LogP contribution in [0.1, 0.15) is 41.4 Å². The average Bonchev–Trinajstić information content (AvgIpc) is 2.81. The van der Waals surface area contributed by atoms with E-state index < -0.39 is 0 Å². The maximum Gasteiger partial charge on any atom is 0.252 e. The molecule has 0 atom stereocenters. The highest BCUT2D eigenvalue weighted by molar-refractivity contribution is 7.10. The molecule has 0 aromatic carbocycles. The summed E-state index contributed by atoms with van der Waals surface area (Å²) >= 11 is 1.70. The second-order valence-corrected chi connectivity index (χ2v) is 6.10. The number of piperidine rings is 1. The molecule has 2 rings (SSSR count). The van der Waals surface area contributed by atoms with Crippen molar-refractivity contribution in [3.8, 4) is 0 Å². The fraction of sp³-hybridized carbons (Fsp3) is 0.643. The van der Waals surface area contributed by atoms with Crippen molar-refractivity contribution in [1.29, 1.82) is 0 Å². The largest absolute Gasteiger partial charge is 0.349 e.